The van der Waals surface area contributed by atoms with Crippen molar-refractivity contribution in [2.45, 2.75) is 31.8 Å². The van der Waals surface area contributed by atoms with Crippen LogP contribution in [0.25, 0.3) is 11.0 Å². The minimum absolute atomic E-state index is 0.00657. The van der Waals surface area contributed by atoms with Gasteiger partial charge in [-0.3, -0.25) is 0 Å². The van der Waals surface area contributed by atoms with Crippen LogP contribution in [0.15, 0.2) is 29.6 Å². The molecule has 2 aromatic heterocycles. The number of hydrazine groups is 1. The Kier molecular flexibility index (Phi) is 4.33. The molecule has 1 atom stereocenters. The molecular formula is C18H18ClFN8. The summed E-state index contributed by atoms with van der Waals surface area (Å²) < 4.78 is 14.1. The number of aliphatic imine (C=N–C) groups is 1. The molecule has 28 heavy (non-hydrogen) atoms. The second kappa shape index (κ2) is 6.99. The zero-order chi connectivity index (χ0) is 19.1. The van der Waals surface area contributed by atoms with Crippen LogP contribution in [0.4, 0.5) is 16.2 Å². The van der Waals surface area contributed by atoms with Crippen molar-refractivity contribution in [1.82, 2.24) is 30.8 Å². The lowest BCUT2D eigenvalue weighted by molar-refractivity contribution is 0.504. The van der Waals surface area contributed by atoms with Gasteiger partial charge in [-0.2, -0.15) is 4.98 Å². The molecule has 0 bridgehead atoms. The smallest absolute Gasteiger partial charge is 0.225 e. The fourth-order valence-electron chi connectivity index (χ4n) is 3.32. The highest BCUT2D eigenvalue weighted by Gasteiger charge is 2.35. The maximum absolute atomic E-state index is 14.1. The molecule has 5 rings (SSSR count). The maximum Gasteiger partial charge on any atom is 0.225 e. The van der Waals surface area contributed by atoms with Crippen molar-refractivity contribution >= 4 is 40.2 Å². The van der Waals surface area contributed by atoms with E-state index in [2.05, 4.69) is 41.1 Å². The molecule has 1 unspecified atom stereocenters. The molecule has 4 N–H and O–H groups in total. The van der Waals surface area contributed by atoms with Crippen molar-refractivity contribution in [2.75, 3.05) is 5.32 Å². The first-order chi connectivity index (χ1) is 13.7. The number of fused-ring (bicyclic) bond motifs is 1. The molecule has 1 saturated carbocycles. The highest BCUT2D eigenvalue weighted by molar-refractivity contribution is 6.35. The van der Waals surface area contributed by atoms with Gasteiger partial charge >= 0.3 is 0 Å². The van der Waals surface area contributed by atoms with E-state index in [1.165, 1.54) is 12.8 Å². The average Bonchev–Trinajstić information content (AvgIpc) is 3.24. The van der Waals surface area contributed by atoms with Crippen molar-refractivity contribution in [2.24, 2.45) is 10.9 Å². The summed E-state index contributed by atoms with van der Waals surface area (Å²) in [5.74, 6) is 1.10. The number of H-pyrrole nitrogens is 1. The molecule has 0 radical (unpaired) electrons. The number of rotatable bonds is 5. The maximum atomic E-state index is 14.1. The topological polar surface area (TPSA) is 103 Å². The van der Waals surface area contributed by atoms with Crippen LogP contribution in [-0.4, -0.2) is 31.8 Å². The number of hydrogen-bond acceptors (Lipinski definition) is 6. The predicted octanol–water partition coefficient (Wildman–Crippen LogP) is 3.06. The molecule has 3 heterocycles. The monoisotopic (exact) mass is 400 g/mol. The first-order valence-electron chi connectivity index (χ1n) is 9.13. The number of nitrogens with zero attached hydrogens (tertiary/aromatic N) is 4. The third-order valence-electron chi connectivity index (χ3n) is 5.02. The molecule has 0 spiro atoms. The molecule has 2 fully saturated rings. The Morgan fingerprint density at radius 1 is 1.29 bits per heavy atom. The number of aromatic nitrogens is 4. The number of benzene rings is 1. The van der Waals surface area contributed by atoms with E-state index < -0.39 is 5.82 Å². The molecule has 1 aliphatic carbocycles. The Morgan fingerprint density at radius 2 is 2.18 bits per heavy atom. The molecular weight excluding hydrogens is 383 g/mol. The van der Waals surface area contributed by atoms with Gasteiger partial charge in [0.2, 0.25) is 5.95 Å². The summed E-state index contributed by atoms with van der Waals surface area (Å²) in [5, 5.41) is 3.63. The summed E-state index contributed by atoms with van der Waals surface area (Å²) >= 11 is 6.40. The summed E-state index contributed by atoms with van der Waals surface area (Å²) in [6, 6.07) is 4.16. The van der Waals surface area contributed by atoms with E-state index in [0.717, 1.165) is 23.7 Å². The molecule has 0 amide bonds. The summed E-state index contributed by atoms with van der Waals surface area (Å²) in [7, 11) is 0. The minimum Gasteiger partial charge on any atom is -0.350 e. The number of halogens is 2. The van der Waals surface area contributed by atoms with Crippen LogP contribution < -0.4 is 16.2 Å². The van der Waals surface area contributed by atoms with Crippen LogP contribution in [0.1, 0.15) is 24.8 Å². The summed E-state index contributed by atoms with van der Waals surface area (Å²) in [6.45, 7) is 0.382. The Bertz CT molecular complexity index is 1060. The first-order valence-corrected chi connectivity index (χ1v) is 9.51. The van der Waals surface area contributed by atoms with E-state index in [-0.39, 0.29) is 11.8 Å². The summed E-state index contributed by atoms with van der Waals surface area (Å²) in [5.41, 5.74) is 8.65. The van der Waals surface area contributed by atoms with Gasteiger partial charge in [-0.05, 0) is 30.4 Å². The normalized spacial score (nSPS) is 20.6. The standard InChI is InChI=1S/C18H18ClFN8/c19-15-10(3-4-12-16(15)24-8-23-12)6-21-18-22-7-11(20)17(26-18)25-14-5-13(27-28-14)9-1-2-9/h3-4,7-9,13,27H,1-2,5-6H2,(H,23,24)(H2,21,22,25,26,28). The van der Waals surface area contributed by atoms with Crippen LogP contribution in [-0.2, 0) is 6.54 Å². The van der Waals surface area contributed by atoms with Gasteiger partial charge in [-0.25, -0.2) is 24.8 Å². The van der Waals surface area contributed by atoms with Gasteiger partial charge in [0, 0.05) is 19.0 Å². The van der Waals surface area contributed by atoms with E-state index in [4.69, 9.17) is 11.6 Å². The molecule has 1 saturated heterocycles. The average molecular weight is 401 g/mol. The molecule has 1 aromatic carbocycles. The van der Waals surface area contributed by atoms with E-state index in [9.17, 15) is 4.39 Å². The fourth-order valence-corrected chi connectivity index (χ4v) is 3.60. The second-order valence-electron chi connectivity index (χ2n) is 7.03. The van der Waals surface area contributed by atoms with E-state index >= 15 is 0 Å². The molecule has 144 valence electrons. The van der Waals surface area contributed by atoms with Gasteiger partial charge in [0.1, 0.15) is 11.4 Å². The number of nitrogens with one attached hydrogen (secondary N) is 4. The predicted molar refractivity (Wildman–Crippen MR) is 105 cm³/mol. The lowest BCUT2D eigenvalue weighted by Crippen LogP contribution is -2.32. The SMILES string of the molecule is Fc1cnc(NCc2ccc3[nH]cnc3c2Cl)nc1N=C1CC(C2CC2)NN1. The third-order valence-corrected chi connectivity index (χ3v) is 5.44. The molecule has 2 aliphatic rings. The highest BCUT2D eigenvalue weighted by Crippen LogP contribution is 2.35. The highest BCUT2D eigenvalue weighted by atomic mass is 35.5. The fraction of sp³-hybridized carbons (Fsp3) is 0.333. The van der Waals surface area contributed by atoms with E-state index in [0.29, 0.717) is 34.9 Å². The van der Waals surface area contributed by atoms with Crippen molar-refractivity contribution in [3.63, 3.8) is 0 Å². The number of hydrogen-bond donors (Lipinski definition) is 4. The summed E-state index contributed by atoms with van der Waals surface area (Å²) in [6.07, 6.45) is 5.93. The largest absolute Gasteiger partial charge is 0.350 e. The van der Waals surface area contributed by atoms with Gasteiger partial charge in [0.15, 0.2) is 11.6 Å². The number of amidine groups is 1. The van der Waals surface area contributed by atoms with E-state index in [1.54, 1.807) is 6.33 Å². The van der Waals surface area contributed by atoms with Crippen molar-refractivity contribution in [3.05, 3.63) is 41.1 Å². The molecule has 3 aromatic rings. The van der Waals surface area contributed by atoms with Crippen LogP contribution in [0.5, 0.6) is 0 Å². The van der Waals surface area contributed by atoms with Crippen molar-refractivity contribution < 1.29 is 4.39 Å². The van der Waals surface area contributed by atoms with E-state index in [1.807, 2.05) is 12.1 Å². The lowest BCUT2D eigenvalue weighted by Gasteiger charge is -2.08. The quantitative estimate of drug-likeness (QED) is 0.525. The van der Waals surface area contributed by atoms with Crippen LogP contribution in [0.3, 0.4) is 0 Å². The Morgan fingerprint density at radius 3 is 3.04 bits per heavy atom. The second-order valence-corrected chi connectivity index (χ2v) is 7.41. The Labute approximate surface area is 165 Å². The van der Waals surface area contributed by atoms with Gasteiger partial charge in [-0.1, -0.05) is 17.7 Å². The first kappa shape index (κ1) is 17.3. The minimum atomic E-state index is -0.564. The van der Waals surface area contributed by atoms with Crippen molar-refractivity contribution in [3.8, 4) is 0 Å². The Balaban J connectivity index is 1.32. The van der Waals surface area contributed by atoms with Crippen molar-refractivity contribution in [1.29, 1.82) is 0 Å². The molecule has 10 heteroatoms. The van der Waals surface area contributed by atoms with Crippen LogP contribution in [0, 0.1) is 11.7 Å². The summed E-state index contributed by atoms with van der Waals surface area (Å²) in [4.78, 5) is 19.7. The zero-order valence-electron chi connectivity index (χ0n) is 14.8. The molecule has 1 aliphatic heterocycles. The van der Waals surface area contributed by atoms with Gasteiger partial charge in [0.05, 0.1) is 23.1 Å². The van der Waals surface area contributed by atoms with Gasteiger partial charge in [-0.15, -0.1) is 0 Å². The third kappa shape index (κ3) is 3.38. The molecule has 8 nitrogen and oxygen atoms in total. The Hall–Kier alpha value is -2.78. The van der Waals surface area contributed by atoms with Crippen LogP contribution in [0.2, 0.25) is 5.02 Å². The van der Waals surface area contributed by atoms with Crippen LogP contribution >= 0.6 is 11.6 Å². The number of aromatic amines is 1. The zero-order valence-corrected chi connectivity index (χ0v) is 15.6. The lowest BCUT2D eigenvalue weighted by atomic mass is 10.1. The van der Waals surface area contributed by atoms with Gasteiger partial charge < -0.3 is 15.7 Å². The number of anilines is 1. The van der Waals surface area contributed by atoms with Gasteiger partial charge in [0.25, 0.3) is 0 Å². The number of imidazole rings is 1.